The zero-order valence-electron chi connectivity index (χ0n) is 8.24. The topological polar surface area (TPSA) is 12.9 Å². The molecule has 0 aliphatic heterocycles. The van der Waals surface area contributed by atoms with E-state index in [-0.39, 0.29) is 5.38 Å². The number of hydrogen-bond acceptors (Lipinski definition) is 2. The highest BCUT2D eigenvalue weighted by Gasteiger charge is 2.17. The summed E-state index contributed by atoms with van der Waals surface area (Å²) in [7, 11) is 0. The Hall–Kier alpha value is -0.340. The minimum atomic E-state index is 0.238. The second kappa shape index (κ2) is 4.45. The van der Waals surface area contributed by atoms with Crippen LogP contribution in [0.1, 0.15) is 24.6 Å². The summed E-state index contributed by atoms with van der Waals surface area (Å²) in [5, 5.41) is 0.238. The van der Waals surface area contributed by atoms with E-state index in [1.807, 2.05) is 6.20 Å². The van der Waals surface area contributed by atoms with E-state index in [4.69, 9.17) is 11.6 Å². The molecule has 76 valence electrons. The van der Waals surface area contributed by atoms with Crippen molar-refractivity contribution < 1.29 is 0 Å². The highest BCUT2D eigenvalue weighted by Crippen LogP contribution is 2.29. The van der Waals surface area contributed by atoms with Crippen molar-refractivity contribution in [2.75, 3.05) is 0 Å². The van der Waals surface area contributed by atoms with Gasteiger partial charge in [-0.15, -0.1) is 11.6 Å². The SMILES string of the molecule is CC1CC(Cc2ccns2)=CC(Cl)C1. The molecule has 1 aliphatic carbocycles. The van der Waals surface area contributed by atoms with Crippen molar-refractivity contribution in [3.05, 3.63) is 28.8 Å². The molecule has 0 bridgehead atoms. The quantitative estimate of drug-likeness (QED) is 0.555. The number of hydrogen-bond donors (Lipinski definition) is 0. The van der Waals surface area contributed by atoms with Gasteiger partial charge < -0.3 is 0 Å². The van der Waals surface area contributed by atoms with Crippen LogP contribution in [-0.2, 0) is 6.42 Å². The summed E-state index contributed by atoms with van der Waals surface area (Å²) in [5.74, 6) is 0.727. The molecular weight excluding hydrogens is 214 g/mol. The van der Waals surface area contributed by atoms with Crippen molar-refractivity contribution in [1.82, 2.24) is 4.37 Å². The molecule has 1 aromatic rings. The van der Waals surface area contributed by atoms with Crippen molar-refractivity contribution in [2.24, 2.45) is 5.92 Å². The van der Waals surface area contributed by atoms with Crippen molar-refractivity contribution in [3.63, 3.8) is 0 Å². The third-order valence-electron chi connectivity index (χ3n) is 2.55. The maximum absolute atomic E-state index is 6.16. The number of halogens is 1. The lowest BCUT2D eigenvalue weighted by molar-refractivity contribution is 0.508. The van der Waals surface area contributed by atoms with Crippen LogP contribution in [0.15, 0.2) is 23.9 Å². The lowest BCUT2D eigenvalue weighted by atomic mass is 9.88. The van der Waals surface area contributed by atoms with Gasteiger partial charge in [0.1, 0.15) is 0 Å². The zero-order chi connectivity index (χ0) is 9.97. The Balaban J connectivity index is 2.04. The van der Waals surface area contributed by atoms with Crippen LogP contribution >= 0.6 is 23.1 Å². The number of aromatic nitrogens is 1. The van der Waals surface area contributed by atoms with E-state index >= 15 is 0 Å². The van der Waals surface area contributed by atoms with E-state index in [0.29, 0.717) is 0 Å². The lowest BCUT2D eigenvalue weighted by Gasteiger charge is -2.22. The fourth-order valence-corrected chi connectivity index (χ4v) is 3.11. The van der Waals surface area contributed by atoms with Gasteiger partial charge in [-0.3, -0.25) is 0 Å². The minimum Gasteiger partial charge on any atom is -0.201 e. The molecule has 2 atom stereocenters. The van der Waals surface area contributed by atoms with E-state index in [0.717, 1.165) is 18.8 Å². The van der Waals surface area contributed by atoms with Gasteiger partial charge in [-0.05, 0) is 36.4 Å². The molecule has 0 N–H and O–H groups in total. The Labute approximate surface area is 94.0 Å². The molecule has 2 rings (SSSR count). The monoisotopic (exact) mass is 227 g/mol. The van der Waals surface area contributed by atoms with Crippen LogP contribution in [-0.4, -0.2) is 9.75 Å². The van der Waals surface area contributed by atoms with E-state index < -0.39 is 0 Å². The summed E-state index contributed by atoms with van der Waals surface area (Å²) >= 11 is 7.74. The van der Waals surface area contributed by atoms with Crippen molar-refractivity contribution >= 4 is 23.1 Å². The van der Waals surface area contributed by atoms with Gasteiger partial charge in [0.05, 0.1) is 5.38 Å². The summed E-state index contributed by atoms with van der Waals surface area (Å²) < 4.78 is 4.11. The molecule has 1 aromatic heterocycles. The lowest BCUT2D eigenvalue weighted by Crippen LogP contribution is -2.12. The summed E-state index contributed by atoms with van der Waals surface area (Å²) in [6, 6.07) is 2.09. The van der Waals surface area contributed by atoms with Gasteiger partial charge in [0.2, 0.25) is 0 Å². The largest absolute Gasteiger partial charge is 0.201 e. The van der Waals surface area contributed by atoms with Gasteiger partial charge >= 0.3 is 0 Å². The molecule has 0 amide bonds. The van der Waals surface area contributed by atoms with Crippen molar-refractivity contribution in [3.8, 4) is 0 Å². The average molecular weight is 228 g/mol. The molecule has 3 heteroatoms. The van der Waals surface area contributed by atoms with Crippen molar-refractivity contribution in [2.45, 2.75) is 31.6 Å². The molecule has 1 heterocycles. The molecule has 1 aliphatic rings. The van der Waals surface area contributed by atoms with Crippen LogP contribution in [0.25, 0.3) is 0 Å². The Bertz CT molecular complexity index is 318. The standard InChI is InChI=1S/C11H14ClNS/c1-8-4-9(6-10(12)5-8)7-11-2-3-13-14-11/h2-3,6,8,10H,4-5,7H2,1H3. The molecule has 0 spiro atoms. The summed E-state index contributed by atoms with van der Waals surface area (Å²) in [6.07, 6.45) is 7.44. The second-order valence-corrected chi connectivity index (χ2v) is 5.52. The molecule has 0 aromatic carbocycles. The second-order valence-electron chi connectivity index (χ2n) is 4.04. The summed E-state index contributed by atoms with van der Waals surface area (Å²) in [5.41, 5.74) is 1.48. The van der Waals surface area contributed by atoms with Crippen LogP contribution in [0.2, 0.25) is 0 Å². The molecule has 0 saturated carbocycles. The molecule has 0 radical (unpaired) electrons. The first-order chi connectivity index (χ1) is 6.74. The number of rotatable bonds is 2. The van der Waals surface area contributed by atoms with E-state index in [2.05, 4.69) is 23.4 Å². The van der Waals surface area contributed by atoms with Crippen LogP contribution in [0.5, 0.6) is 0 Å². The predicted octanol–water partition coefficient (Wildman–Crippen LogP) is 3.65. The highest BCUT2D eigenvalue weighted by molar-refractivity contribution is 7.05. The fourth-order valence-electron chi connectivity index (χ4n) is 2.00. The van der Waals surface area contributed by atoms with Crippen molar-refractivity contribution in [1.29, 1.82) is 0 Å². The molecular formula is C11H14ClNS. The molecule has 2 unspecified atom stereocenters. The smallest absolute Gasteiger partial charge is 0.0521 e. The number of alkyl halides is 1. The van der Waals surface area contributed by atoms with Crippen LogP contribution in [0.4, 0.5) is 0 Å². The first-order valence-corrected chi connectivity index (χ1v) is 6.18. The molecule has 0 fully saturated rings. The maximum Gasteiger partial charge on any atom is 0.0521 e. The Kier molecular flexibility index (Phi) is 3.24. The van der Waals surface area contributed by atoms with Gasteiger partial charge in [-0.1, -0.05) is 18.6 Å². The van der Waals surface area contributed by atoms with Gasteiger partial charge in [0, 0.05) is 17.5 Å². The highest BCUT2D eigenvalue weighted by atomic mass is 35.5. The zero-order valence-corrected chi connectivity index (χ0v) is 9.81. The first-order valence-electron chi connectivity index (χ1n) is 4.97. The Morgan fingerprint density at radius 2 is 2.50 bits per heavy atom. The number of allylic oxidation sites excluding steroid dienone is 2. The Morgan fingerprint density at radius 1 is 1.64 bits per heavy atom. The third-order valence-corrected chi connectivity index (χ3v) is 3.59. The van der Waals surface area contributed by atoms with Crippen LogP contribution < -0.4 is 0 Å². The third kappa shape index (κ3) is 2.58. The molecule has 0 saturated heterocycles. The summed E-state index contributed by atoms with van der Waals surface area (Å²) in [6.45, 7) is 2.27. The van der Waals surface area contributed by atoms with E-state index in [1.54, 1.807) is 11.5 Å². The molecule has 14 heavy (non-hydrogen) atoms. The van der Waals surface area contributed by atoms with Crippen LogP contribution in [0, 0.1) is 5.92 Å². The van der Waals surface area contributed by atoms with E-state index in [1.165, 1.54) is 16.9 Å². The first kappa shape index (κ1) is 10.2. The minimum absolute atomic E-state index is 0.238. The van der Waals surface area contributed by atoms with Gasteiger partial charge in [0.15, 0.2) is 0 Å². The summed E-state index contributed by atoms with van der Waals surface area (Å²) in [4.78, 5) is 1.34. The van der Waals surface area contributed by atoms with Gasteiger partial charge in [-0.25, -0.2) is 4.37 Å². The predicted molar refractivity (Wildman–Crippen MR) is 61.9 cm³/mol. The fraction of sp³-hybridized carbons (Fsp3) is 0.545. The van der Waals surface area contributed by atoms with Crippen LogP contribution in [0.3, 0.4) is 0 Å². The average Bonchev–Trinajstić information content (AvgIpc) is 2.54. The van der Waals surface area contributed by atoms with E-state index in [9.17, 15) is 0 Å². The number of nitrogens with zero attached hydrogens (tertiary/aromatic N) is 1. The Morgan fingerprint density at radius 3 is 3.14 bits per heavy atom. The molecule has 1 nitrogen and oxygen atoms in total. The van der Waals surface area contributed by atoms with Gasteiger partial charge in [-0.2, -0.15) is 0 Å². The maximum atomic E-state index is 6.16. The normalized spacial score (nSPS) is 27.4. The van der Waals surface area contributed by atoms with Gasteiger partial charge in [0.25, 0.3) is 0 Å².